The predicted octanol–water partition coefficient (Wildman–Crippen LogP) is 1.87. The molecule has 7 nitrogen and oxygen atoms in total. The van der Waals surface area contributed by atoms with E-state index in [9.17, 15) is 4.79 Å². The van der Waals surface area contributed by atoms with Crippen LogP contribution in [0.5, 0.6) is 0 Å². The number of amides is 1. The molecule has 3 fully saturated rings. The summed E-state index contributed by atoms with van der Waals surface area (Å²) in [6.07, 6.45) is 10.2. The van der Waals surface area contributed by atoms with E-state index >= 15 is 0 Å². The molecule has 2 N–H and O–H groups in total. The molecule has 0 aromatic carbocycles. The maximum Gasteiger partial charge on any atom is 0.223 e. The van der Waals surface area contributed by atoms with Crippen LogP contribution < -0.4 is 10.2 Å². The third-order valence-electron chi connectivity index (χ3n) is 6.42. The fourth-order valence-corrected chi connectivity index (χ4v) is 5.10. The second-order valence-corrected chi connectivity index (χ2v) is 7.85. The van der Waals surface area contributed by atoms with Crippen molar-refractivity contribution in [1.82, 2.24) is 25.3 Å². The monoisotopic (exact) mass is 340 g/mol. The summed E-state index contributed by atoms with van der Waals surface area (Å²) in [4.78, 5) is 30.8. The fraction of sp³-hybridized carbons (Fsp3) is 0.667. The molecule has 7 heteroatoms. The van der Waals surface area contributed by atoms with E-state index in [0.29, 0.717) is 23.5 Å². The van der Waals surface area contributed by atoms with Gasteiger partial charge in [-0.3, -0.25) is 4.79 Å². The van der Waals surface area contributed by atoms with Crippen LogP contribution in [0.1, 0.15) is 38.5 Å². The first kappa shape index (κ1) is 15.1. The van der Waals surface area contributed by atoms with Gasteiger partial charge in [0.25, 0.3) is 0 Å². The van der Waals surface area contributed by atoms with Crippen molar-refractivity contribution < 1.29 is 4.79 Å². The van der Waals surface area contributed by atoms with Crippen molar-refractivity contribution in [2.75, 3.05) is 18.0 Å². The average molecular weight is 340 g/mol. The van der Waals surface area contributed by atoms with Crippen LogP contribution in [0.3, 0.4) is 0 Å². The van der Waals surface area contributed by atoms with Gasteiger partial charge in [-0.1, -0.05) is 6.42 Å². The number of aromatic nitrogens is 4. The molecule has 132 valence electrons. The number of anilines is 1. The standard InChI is InChI=1S/C18H24N6O/c25-18(14-8-11-1-2-12(14)7-11)23-13-3-5-24(6-4-13)17-15-16(20-9-19-15)21-10-22-17/h9-14H,1-8H2,(H,23,25)(H,19,20,21,22)/t11-,12-,14-/m0/s1. The minimum atomic E-state index is 0.281. The van der Waals surface area contributed by atoms with Crippen LogP contribution in [0.15, 0.2) is 12.7 Å². The number of hydrogen-bond acceptors (Lipinski definition) is 5. The second kappa shape index (κ2) is 5.97. The number of imidazole rings is 1. The molecule has 5 rings (SSSR count). The molecule has 1 saturated heterocycles. The molecule has 3 atom stereocenters. The van der Waals surface area contributed by atoms with Gasteiger partial charge in [0.2, 0.25) is 5.91 Å². The Hall–Kier alpha value is -2.18. The van der Waals surface area contributed by atoms with E-state index in [1.165, 1.54) is 19.3 Å². The maximum atomic E-state index is 12.6. The number of nitrogens with zero attached hydrogens (tertiary/aromatic N) is 4. The summed E-state index contributed by atoms with van der Waals surface area (Å²) in [5, 5.41) is 3.33. The Kier molecular flexibility index (Phi) is 3.60. The lowest BCUT2D eigenvalue weighted by Gasteiger charge is -2.34. The van der Waals surface area contributed by atoms with E-state index in [1.807, 2.05) is 0 Å². The van der Waals surface area contributed by atoms with Crippen molar-refractivity contribution in [3.8, 4) is 0 Å². The van der Waals surface area contributed by atoms with Crippen molar-refractivity contribution in [3.05, 3.63) is 12.7 Å². The number of aromatic amines is 1. The molecule has 2 aromatic rings. The number of carbonyl (C=O) groups excluding carboxylic acids is 1. The van der Waals surface area contributed by atoms with Crippen LogP contribution >= 0.6 is 0 Å². The van der Waals surface area contributed by atoms with Crippen molar-refractivity contribution >= 4 is 22.9 Å². The fourth-order valence-electron chi connectivity index (χ4n) is 5.10. The Morgan fingerprint density at radius 2 is 2.00 bits per heavy atom. The lowest BCUT2D eigenvalue weighted by atomic mass is 9.87. The third-order valence-corrected chi connectivity index (χ3v) is 6.42. The summed E-state index contributed by atoms with van der Waals surface area (Å²) < 4.78 is 0. The first-order valence-electron chi connectivity index (χ1n) is 9.47. The van der Waals surface area contributed by atoms with Gasteiger partial charge in [0.1, 0.15) is 11.8 Å². The number of carbonyl (C=O) groups is 1. The lowest BCUT2D eigenvalue weighted by molar-refractivity contribution is -0.127. The summed E-state index contributed by atoms with van der Waals surface area (Å²) in [7, 11) is 0. The van der Waals surface area contributed by atoms with E-state index in [4.69, 9.17) is 0 Å². The minimum Gasteiger partial charge on any atom is -0.355 e. The van der Waals surface area contributed by atoms with Gasteiger partial charge in [-0.25, -0.2) is 15.0 Å². The van der Waals surface area contributed by atoms with E-state index in [1.54, 1.807) is 12.7 Å². The summed E-state index contributed by atoms with van der Waals surface area (Å²) in [6, 6.07) is 0.293. The quantitative estimate of drug-likeness (QED) is 0.891. The number of piperidine rings is 1. The Morgan fingerprint density at radius 3 is 2.76 bits per heavy atom. The SMILES string of the molecule is O=C(NC1CCN(c2ncnc3nc[nH]c23)CC1)[C@H]1C[C@H]2CC[C@H]1C2. The summed E-state index contributed by atoms with van der Waals surface area (Å²) in [6.45, 7) is 1.79. The smallest absolute Gasteiger partial charge is 0.223 e. The number of fused-ring (bicyclic) bond motifs is 3. The Balaban J connectivity index is 1.20. The topological polar surface area (TPSA) is 86.8 Å². The molecule has 2 saturated carbocycles. The largest absolute Gasteiger partial charge is 0.355 e. The summed E-state index contributed by atoms with van der Waals surface area (Å²) >= 11 is 0. The van der Waals surface area contributed by atoms with E-state index in [2.05, 4.69) is 30.2 Å². The molecule has 25 heavy (non-hydrogen) atoms. The average Bonchev–Trinajstić information content (AvgIpc) is 3.38. The van der Waals surface area contributed by atoms with Crippen LogP contribution in [0.25, 0.3) is 11.2 Å². The molecule has 2 bridgehead atoms. The first-order chi connectivity index (χ1) is 12.3. The highest BCUT2D eigenvalue weighted by Crippen LogP contribution is 2.48. The molecule has 0 spiro atoms. The predicted molar refractivity (Wildman–Crippen MR) is 94.0 cm³/mol. The zero-order valence-corrected chi connectivity index (χ0v) is 14.3. The van der Waals surface area contributed by atoms with Gasteiger partial charge in [-0.15, -0.1) is 0 Å². The summed E-state index contributed by atoms with van der Waals surface area (Å²) in [5.41, 5.74) is 1.60. The van der Waals surface area contributed by atoms with Crippen molar-refractivity contribution in [3.63, 3.8) is 0 Å². The van der Waals surface area contributed by atoms with Crippen molar-refractivity contribution in [2.24, 2.45) is 17.8 Å². The highest BCUT2D eigenvalue weighted by atomic mass is 16.2. The van der Waals surface area contributed by atoms with Gasteiger partial charge in [0, 0.05) is 25.0 Å². The van der Waals surface area contributed by atoms with Gasteiger partial charge >= 0.3 is 0 Å². The lowest BCUT2D eigenvalue weighted by Crippen LogP contribution is -2.47. The van der Waals surface area contributed by atoms with Crippen LogP contribution in [-0.2, 0) is 4.79 Å². The van der Waals surface area contributed by atoms with Crippen LogP contribution in [-0.4, -0.2) is 45.0 Å². The minimum absolute atomic E-state index is 0.281. The number of nitrogens with one attached hydrogen (secondary N) is 2. The van der Waals surface area contributed by atoms with Gasteiger partial charge in [-0.2, -0.15) is 0 Å². The normalized spacial score (nSPS) is 29.4. The highest BCUT2D eigenvalue weighted by Gasteiger charge is 2.43. The van der Waals surface area contributed by atoms with Crippen molar-refractivity contribution in [1.29, 1.82) is 0 Å². The van der Waals surface area contributed by atoms with E-state index < -0.39 is 0 Å². The molecule has 0 unspecified atom stereocenters. The van der Waals surface area contributed by atoms with Crippen molar-refractivity contribution in [2.45, 2.75) is 44.6 Å². The summed E-state index contributed by atoms with van der Waals surface area (Å²) in [5.74, 6) is 2.98. The highest BCUT2D eigenvalue weighted by molar-refractivity contribution is 5.83. The molecule has 2 aliphatic carbocycles. The Bertz CT molecular complexity index is 781. The van der Waals surface area contributed by atoms with Gasteiger partial charge in [0.05, 0.1) is 6.33 Å². The number of H-pyrrole nitrogens is 1. The van der Waals surface area contributed by atoms with E-state index in [-0.39, 0.29) is 5.92 Å². The molecule has 2 aromatic heterocycles. The molecule has 3 heterocycles. The zero-order valence-electron chi connectivity index (χ0n) is 14.3. The molecule has 0 radical (unpaired) electrons. The van der Waals surface area contributed by atoms with Gasteiger partial charge in [-0.05, 0) is 43.9 Å². The van der Waals surface area contributed by atoms with Crippen LogP contribution in [0.4, 0.5) is 5.82 Å². The van der Waals surface area contributed by atoms with Crippen LogP contribution in [0, 0.1) is 17.8 Å². The van der Waals surface area contributed by atoms with E-state index in [0.717, 1.165) is 49.6 Å². The molecule has 1 aliphatic heterocycles. The molecule has 1 amide bonds. The maximum absolute atomic E-state index is 12.6. The number of hydrogen-bond donors (Lipinski definition) is 2. The number of rotatable bonds is 3. The molecule has 3 aliphatic rings. The van der Waals surface area contributed by atoms with Gasteiger partial charge < -0.3 is 15.2 Å². The Morgan fingerprint density at radius 1 is 1.12 bits per heavy atom. The van der Waals surface area contributed by atoms with Crippen LogP contribution in [0.2, 0.25) is 0 Å². The first-order valence-corrected chi connectivity index (χ1v) is 9.47. The molecular formula is C18H24N6O. The zero-order chi connectivity index (χ0) is 16.8. The Labute approximate surface area is 146 Å². The van der Waals surface area contributed by atoms with Gasteiger partial charge in [0.15, 0.2) is 11.5 Å². The second-order valence-electron chi connectivity index (χ2n) is 7.85. The third kappa shape index (κ3) is 2.65. The molecular weight excluding hydrogens is 316 g/mol.